The van der Waals surface area contributed by atoms with E-state index in [0.29, 0.717) is 12.1 Å². The summed E-state index contributed by atoms with van der Waals surface area (Å²) in [5.41, 5.74) is 5.90. The summed E-state index contributed by atoms with van der Waals surface area (Å²) >= 11 is 1.61. The van der Waals surface area contributed by atoms with Crippen LogP contribution in [0.1, 0.15) is 86.7 Å². The van der Waals surface area contributed by atoms with Gasteiger partial charge in [-0.25, -0.2) is 0 Å². The van der Waals surface area contributed by atoms with Gasteiger partial charge < -0.3 is 4.57 Å². The first kappa shape index (κ1) is 23.5. The van der Waals surface area contributed by atoms with Gasteiger partial charge in [0.1, 0.15) is 0 Å². The number of aryl methyl sites for hydroxylation is 2. The number of rotatable bonds is 4. The van der Waals surface area contributed by atoms with Crippen molar-refractivity contribution in [3.8, 4) is 5.69 Å². The van der Waals surface area contributed by atoms with Crippen molar-refractivity contribution in [3.05, 3.63) is 57.8 Å². The van der Waals surface area contributed by atoms with Gasteiger partial charge in [0.05, 0.1) is 10.9 Å². The first-order valence-electron chi connectivity index (χ1n) is 13.1. The quantitative estimate of drug-likeness (QED) is 0.434. The van der Waals surface area contributed by atoms with E-state index in [0.717, 1.165) is 41.3 Å². The lowest BCUT2D eigenvalue weighted by Crippen LogP contribution is -2.41. The topological polar surface area (TPSA) is 37.6 Å². The van der Waals surface area contributed by atoms with Crippen LogP contribution in [0.5, 0.6) is 0 Å². The number of amides is 1. The Bertz CT molecular complexity index is 1120. The van der Waals surface area contributed by atoms with Crippen LogP contribution in [0.25, 0.3) is 11.8 Å². The zero-order chi connectivity index (χ0) is 23.7. The maximum Gasteiger partial charge on any atom is 0.267 e. The van der Waals surface area contributed by atoms with Gasteiger partial charge in [0.2, 0.25) is 0 Å². The number of benzene rings is 1. The molecule has 0 atom stereocenters. The molecule has 3 fully saturated rings. The summed E-state index contributed by atoms with van der Waals surface area (Å²) in [6, 6.07) is 11.5. The molecule has 0 bridgehead atoms. The minimum absolute atomic E-state index is 0.159. The van der Waals surface area contributed by atoms with Crippen LogP contribution in [-0.4, -0.2) is 32.6 Å². The second-order valence-corrected chi connectivity index (χ2v) is 11.3. The van der Waals surface area contributed by atoms with E-state index in [2.05, 4.69) is 66.6 Å². The second kappa shape index (κ2) is 10.2. The van der Waals surface area contributed by atoms with E-state index in [1.807, 2.05) is 0 Å². The number of carbonyl (C=O) groups is 1. The maximum atomic E-state index is 13.7. The monoisotopic (exact) mass is 475 g/mol. The van der Waals surface area contributed by atoms with Gasteiger partial charge in [-0.15, -0.1) is 0 Å². The van der Waals surface area contributed by atoms with Crippen molar-refractivity contribution in [1.82, 2.24) is 9.47 Å². The Hall–Kier alpha value is -2.27. The van der Waals surface area contributed by atoms with Gasteiger partial charge in [0.25, 0.3) is 5.91 Å². The molecule has 1 aromatic heterocycles. The lowest BCUT2D eigenvalue weighted by atomic mass is 9.94. The molecule has 2 saturated carbocycles. The number of amidine groups is 1. The normalized spacial score (nSPS) is 22.9. The highest BCUT2D eigenvalue weighted by Crippen LogP contribution is 2.39. The Labute approximate surface area is 208 Å². The highest BCUT2D eigenvalue weighted by molar-refractivity contribution is 8.18. The molecule has 0 spiro atoms. The molecule has 34 heavy (non-hydrogen) atoms. The lowest BCUT2D eigenvalue weighted by molar-refractivity contribution is -0.124. The highest BCUT2D eigenvalue weighted by Gasteiger charge is 2.39. The minimum Gasteiger partial charge on any atom is -0.318 e. The molecule has 1 aliphatic heterocycles. The molecule has 2 heterocycles. The molecule has 0 unspecified atom stereocenters. The number of carbonyl (C=O) groups excluding carboxylic acids is 1. The molecule has 4 nitrogen and oxygen atoms in total. The third-order valence-electron chi connectivity index (χ3n) is 7.66. The number of aromatic nitrogens is 1. The van der Waals surface area contributed by atoms with Crippen LogP contribution in [0.15, 0.2) is 40.2 Å². The fourth-order valence-electron chi connectivity index (χ4n) is 5.84. The van der Waals surface area contributed by atoms with Crippen LogP contribution in [0.3, 0.4) is 0 Å². The van der Waals surface area contributed by atoms with E-state index in [9.17, 15) is 4.79 Å². The van der Waals surface area contributed by atoms with Crippen LogP contribution in [0, 0.1) is 20.8 Å². The minimum atomic E-state index is 0.159. The first-order chi connectivity index (χ1) is 16.5. The predicted molar refractivity (Wildman–Crippen MR) is 144 cm³/mol. The molecule has 2 aromatic rings. The molecular weight excluding hydrogens is 438 g/mol. The van der Waals surface area contributed by atoms with Crippen LogP contribution >= 0.6 is 11.8 Å². The number of hydrogen-bond donors (Lipinski definition) is 0. The maximum absolute atomic E-state index is 13.7. The van der Waals surface area contributed by atoms with Gasteiger partial charge in [0, 0.05) is 23.1 Å². The molecule has 2 aliphatic carbocycles. The van der Waals surface area contributed by atoms with Crippen molar-refractivity contribution in [3.63, 3.8) is 0 Å². The number of hydrogen-bond acceptors (Lipinski definition) is 3. The van der Waals surface area contributed by atoms with Gasteiger partial charge in [-0.2, -0.15) is 0 Å². The van der Waals surface area contributed by atoms with Crippen molar-refractivity contribution in [2.45, 2.75) is 97.1 Å². The molecule has 0 N–H and O–H groups in total. The van der Waals surface area contributed by atoms with Gasteiger partial charge in [-0.3, -0.25) is 14.7 Å². The summed E-state index contributed by atoms with van der Waals surface area (Å²) in [4.78, 5) is 21.8. The van der Waals surface area contributed by atoms with Gasteiger partial charge in [-0.05, 0) is 93.6 Å². The van der Waals surface area contributed by atoms with Crippen molar-refractivity contribution < 1.29 is 4.79 Å². The van der Waals surface area contributed by atoms with Crippen molar-refractivity contribution in [2.75, 3.05) is 0 Å². The number of nitrogens with zero attached hydrogens (tertiary/aromatic N) is 3. The van der Waals surface area contributed by atoms with Crippen LogP contribution in [0.4, 0.5) is 0 Å². The fraction of sp³-hybridized carbons (Fsp3) is 0.517. The average molecular weight is 476 g/mol. The van der Waals surface area contributed by atoms with Crippen LogP contribution in [0.2, 0.25) is 0 Å². The second-order valence-electron chi connectivity index (χ2n) is 10.3. The fourth-order valence-corrected chi connectivity index (χ4v) is 6.94. The standard InChI is InChI=1S/C29H37N3OS/c1-20-11-10-16-26(17-20)31-21(2)18-23(22(31)3)19-27-28(33)32(25-14-8-5-9-15-25)29(34-27)30-24-12-6-4-7-13-24/h10-11,16-19,24-25H,4-9,12-15H2,1-3H3/b27-19-,30-29?. The van der Waals surface area contributed by atoms with Crippen LogP contribution < -0.4 is 0 Å². The number of aliphatic imine (C=N–C) groups is 1. The smallest absolute Gasteiger partial charge is 0.267 e. The van der Waals surface area contributed by atoms with E-state index < -0.39 is 0 Å². The van der Waals surface area contributed by atoms with Crippen LogP contribution in [-0.2, 0) is 4.79 Å². The summed E-state index contributed by atoms with van der Waals surface area (Å²) in [5, 5.41) is 0.961. The summed E-state index contributed by atoms with van der Waals surface area (Å²) in [6.45, 7) is 6.43. The highest BCUT2D eigenvalue weighted by atomic mass is 32.2. The molecule has 0 radical (unpaired) electrons. The predicted octanol–water partition coefficient (Wildman–Crippen LogP) is 7.34. The first-order valence-corrected chi connectivity index (χ1v) is 13.9. The van der Waals surface area contributed by atoms with E-state index in [4.69, 9.17) is 4.99 Å². The van der Waals surface area contributed by atoms with E-state index in [-0.39, 0.29) is 5.91 Å². The number of thioether (sulfide) groups is 1. The summed E-state index contributed by atoms with van der Waals surface area (Å²) in [7, 11) is 0. The molecule has 1 aromatic carbocycles. The van der Waals surface area contributed by atoms with E-state index >= 15 is 0 Å². The molecule has 180 valence electrons. The third kappa shape index (κ3) is 4.77. The Morgan fingerprint density at radius 2 is 1.65 bits per heavy atom. The SMILES string of the molecule is Cc1cccc(-n2c(C)cc(/C=C3\SC(=NC4CCCCC4)N(C4CCCCC4)C3=O)c2C)c1. The third-order valence-corrected chi connectivity index (χ3v) is 8.66. The van der Waals surface area contributed by atoms with Crippen molar-refractivity contribution in [2.24, 2.45) is 4.99 Å². The Morgan fingerprint density at radius 3 is 2.35 bits per heavy atom. The molecule has 3 aliphatic rings. The molecular formula is C29H37N3OS. The lowest BCUT2D eigenvalue weighted by Gasteiger charge is -2.31. The summed E-state index contributed by atoms with van der Waals surface area (Å²) in [6.07, 6.45) is 14.2. The summed E-state index contributed by atoms with van der Waals surface area (Å²) in [5.74, 6) is 0.159. The largest absolute Gasteiger partial charge is 0.318 e. The van der Waals surface area contributed by atoms with Gasteiger partial charge in [0.15, 0.2) is 5.17 Å². The summed E-state index contributed by atoms with van der Waals surface area (Å²) < 4.78 is 2.29. The van der Waals surface area contributed by atoms with Gasteiger partial charge >= 0.3 is 0 Å². The van der Waals surface area contributed by atoms with Crippen molar-refractivity contribution >= 4 is 28.9 Å². The van der Waals surface area contributed by atoms with E-state index in [1.165, 1.54) is 61.2 Å². The Kier molecular flexibility index (Phi) is 7.01. The molecule has 1 saturated heterocycles. The molecule has 5 rings (SSSR count). The zero-order valence-corrected chi connectivity index (χ0v) is 21.7. The van der Waals surface area contributed by atoms with Gasteiger partial charge in [-0.1, -0.05) is 50.7 Å². The Morgan fingerprint density at radius 1 is 0.941 bits per heavy atom. The average Bonchev–Trinajstić information content (AvgIpc) is 3.29. The van der Waals surface area contributed by atoms with Crippen molar-refractivity contribution in [1.29, 1.82) is 0 Å². The molecule has 1 amide bonds. The molecule has 5 heteroatoms. The Balaban J connectivity index is 1.48. The zero-order valence-electron chi connectivity index (χ0n) is 20.8. The van der Waals surface area contributed by atoms with E-state index in [1.54, 1.807) is 11.8 Å².